The molecule has 0 spiro atoms. The summed E-state index contributed by atoms with van der Waals surface area (Å²) in [4.78, 5) is 35.8. The Bertz CT molecular complexity index is 730. The van der Waals surface area contributed by atoms with Crippen LogP contribution in [-0.2, 0) is 9.59 Å². The average molecular weight is 360 g/mol. The van der Waals surface area contributed by atoms with Gasteiger partial charge in [-0.3, -0.25) is 14.4 Å². The van der Waals surface area contributed by atoms with Crippen molar-refractivity contribution in [2.75, 3.05) is 0 Å². The molecule has 7 heteroatoms. The summed E-state index contributed by atoms with van der Waals surface area (Å²) in [5.74, 6) is -2.83. The zero-order valence-corrected chi connectivity index (χ0v) is 14.3. The fourth-order valence-corrected chi connectivity index (χ4v) is 2.61. The third kappa shape index (κ3) is 5.54. The van der Waals surface area contributed by atoms with Crippen LogP contribution in [0.25, 0.3) is 0 Å². The molecule has 1 unspecified atom stereocenters. The highest BCUT2D eigenvalue weighted by Crippen LogP contribution is 2.23. The van der Waals surface area contributed by atoms with Crippen LogP contribution in [-0.4, -0.2) is 35.0 Å². The van der Waals surface area contributed by atoms with E-state index in [9.17, 15) is 18.8 Å². The summed E-state index contributed by atoms with van der Waals surface area (Å²) >= 11 is 0. The Hall–Kier alpha value is -2.96. The van der Waals surface area contributed by atoms with Gasteiger partial charge in [-0.15, -0.1) is 0 Å². The van der Waals surface area contributed by atoms with Gasteiger partial charge < -0.3 is 15.7 Å². The van der Waals surface area contributed by atoms with Crippen LogP contribution in [0.1, 0.15) is 30.1 Å². The number of halogens is 1. The monoisotopic (exact) mass is 360 g/mol. The smallest absolute Gasteiger partial charge is 0.325 e. The summed E-state index contributed by atoms with van der Waals surface area (Å²) < 4.78 is 13.5. The second kappa shape index (κ2) is 8.94. The van der Waals surface area contributed by atoms with Gasteiger partial charge >= 0.3 is 5.97 Å². The van der Waals surface area contributed by atoms with Gasteiger partial charge in [0.15, 0.2) is 0 Å². The molecule has 0 aliphatic heterocycles. The van der Waals surface area contributed by atoms with Gasteiger partial charge in [-0.2, -0.15) is 0 Å². The number of aliphatic carboxylic acids is 1. The summed E-state index contributed by atoms with van der Waals surface area (Å²) in [6.07, 6.45) is 4.97. The highest BCUT2D eigenvalue weighted by atomic mass is 19.1. The lowest BCUT2D eigenvalue weighted by Crippen LogP contribution is -2.51. The minimum absolute atomic E-state index is 0.135. The molecule has 0 aromatic heterocycles. The van der Waals surface area contributed by atoms with E-state index in [0.717, 1.165) is 0 Å². The maximum absolute atomic E-state index is 13.5. The Balaban J connectivity index is 2.11. The molecule has 2 rings (SSSR count). The predicted octanol–water partition coefficient (Wildman–Crippen LogP) is 2.19. The number of allylic oxidation sites excluding steroid dienone is 4. The first-order valence-corrected chi connectivity index (χ1v) is 8.28. The van der Waals surface area contributed by atoms with Crippen LogP contribution >= 0.6 is 0 Å². The Morgan fingerprint density at radius 3 is 2.54 bits per heavy atom. The fourth-order valence-electron chi connectivity index (χ4n) is 2.61. The third-order valence-corrected chi connectivity index (χ3v) is 4.04. The van der Waals surface area contributed by atoms with Crippen molar-refractivity contribution in [1.29, 1.82) is 0 Å². The Morgan fingerprint density at radius 2 is 1.92 bits per heavy atom. The van der Waals surface area contributed by atoms with Gasteiger partial charge in [-0.25, -0.2) is 4.39 Å². The molecule has 3 N–H and O–H groups in total. The number of rotatable bonds is 7. The molecule has 0 heterocycles. The van der Waals surface area contributed by atoms with Gasteiger partial charge in [-0.05, 0) is 37.5 Å². The molecular formula is C19H21FN2O4. The molecule has 0 fully saturated rings. The second-order valence-corrected chi connectivity index (χ2v) is 6.16. The molecule has 1 aliphatic rings. The van der Waals surface area contributed by atoms with Crippen molar-refractivity contribution >= 4 is 17.8 Å². The van der Waals surface area contributed by atoms with Crippen molar-refractivity contribution in [1.82, 2.24) is 10.6 Å². The van der Waals surface area contributed by atoms with E-state index in [1.54, 1.807) is 42.5 Å². The Kier molecular flexibility index (Phi) is 6.66. The maximum Gasteiger partial charge on any atom is 0.325 e. The number of amides is 2. The standard InChI is InChI=1S/C19H21FN2O4/c1-12(19(25)26)21-18(24)16(11-13-6-5-9-15(20)10-13)22-17(23)14-7-3-2-4-8-14/h2-9,12-13,16H,10-11H2,1H3,(H,21,24)(H,22,23)(H,25,26)/t12-,13?,16+/m0/s1. The normalized spacial score (nSPS) is 18.4. The van der Waals surface area contributed by atoms with Crippen molar-refractivity contribution in [3.8, 4) is 0 Å². The van der Waals surface area contributed by atoms with E-state index >= 15 is 0 Å². The molecule has 138 valence electrons. The molecule has 2 amide bonds. The molecule has 26 heavy (non-hydrogen) atoms. The SMILES string of the molecule is C[C@H](NC(=O)[C@@H](CC1C=CC=C(F)C1)NC(=O)c1ccccc1)C(=O)O. The molecule has 1 aliphatic carbocycles. The van der Waals surface area contributed by atoms with Crippen molar-refractivity contribution < 1.29 is 23.9 Å². The minimum Gasteiger partial charge on any atom is -0.480 e. The van der Waals surface area contributed by atoms with Gasteiger partial charge in [0.25, 0.3) is 5.91 Å². The van der Waals surface area contributed by atoms with E-state index in [2.05, 4.69) is 10.6 Å². The van der Waals surface area contributed by atoms with Crippen LogP contribution in [0.2, 0.25) is 0 Å². The van der Waals surface area contributed by atoms with Crippen molar-refractivity contribution in [2.45, 2.75) is 31.8 Å². The molecular weight excluding hydrogens is 339 g/mol. The van der Waals surface area contributed by atoms with Crippen molar-refractivity contribution in [3.05, 3.63) is 60.0 Å². The number of carbonyl (C=O) groups excluding carboxylic acids is 2. The summed E-state index contributed by atoms with van der Waals surface area (Å²) in [5.41, 5.74) is 0.377. The van der Waals surface area contributed by atoms with Crippen LogP contribution in [0.5, 0.6) is 0 Å². The van der Waals surface area contributed by atoms with Crippen LogP contribution in [0, 0.1) is 5.92 Å². The van der Waals surface area contributed by atoms with E-state index in [-0.39, 0.29) is 24.6 Å². The lowest BCUT2D eigenvalue weighted by atomic mass is 9.92. The quantitative estimate of drug-likeness (QED) is 0.695. The van der Waals surface area contributed by atoms with Gasteiger partial charge in [-0.1, -0.05) is 30.4 Å². The molecule has 0 saturated heterocycles. The molecule has 1 aromatic carbocycles. The third-order valence-electron chi connectivity index (χ3n) is 4.04. The summed E-state index contributed by atoms with van der Waals surface area (Å²) in [7, 11) is 0. The largest absolute Gasteiger partial charge is 0.480 e. The Labute approximate surface area is 150 Å². The lowest BCUT2D eigenvalue weighted by molar-refractivity contribution is -0.141. The summed E-state index contributed by atoms with van der Waals surface area (Å²) in [6.45, 7) is 1.33. The summed E-state index contributed by atoms with van der Waals surface area (Å²) in [6, 6.07) is 6.28. The van der Waals surface area contributed by atoms with Gasteiger partial charge in [0, 0.05) is 12.0 Å². The average Bonchev–Trinajstić information content (AvgIpc) is 2.61. The first kappa shape index (κ1) is 19.4. The molecule has 0 saturated carbocycles. The molecule has 3 atom stereocenters. The number of benzene rings is 1. The molecule has 1 aromatic rings. The van der Waals surface area contributed by atoms with E-state index in [1.165, 1.54) is 13.0 Å². The first-order valence-electron chi connectivity index (χ1n) is 8.28. The van der Waals surface area contributed by atoms with Gasteiger partial charge in [0.05, 0.1) is 0 Å². The fraction of sp³-hybridized carbons (Fsp3) is 0.316. The van der Waals surface area contributed by atoms with Crippen LogP contribution in [0.3, 0.4) is 0 Å². The topological polar surface area (TPSA) is 95.5 Å². The number of carboxylic acids is 1. The van der Waals surface area contributed by atoms with Crippen molar-refractivity contribution in [2.24, 2.45) is 5.92 Å². The molecule has 6 nitrogen and oxygen atoms in total. The van der Waals surface area contributed by atoms with Gasteiger partial charge in [0.1, 0.15) is 17.9 Å². The van der Waals surface area contributed by atoms with Crippen molar-refractivity contribution in [3.63, 3.8) is 0 Å². The number of carbonyl (C=O) groups is 3. The highest BCUT2D eigenvalue weighted by Gasteiger charge is 2.27. The van der Waals surface area contributed by atoms with E-state index < -0.39 is 29.9 Å². The lowest BCUT2D eigenvalue weighted by Gasteiger charge is -2.24. The van der Waals surface area contributed by atoms with E-state index in [4.69, 9.17) is 5.11 Å². The number of carboxylic acid groups (broad SMARTS) is 1. The highest BCUT2D eigenvalue weighted by molar-refractivity contribution is 5.98. The van der Waals surface area contributed by atoms with Crippen LogP contribution in [0.15, 0.2) is 54.4 Å². The zero-order valence-electron chi connectivity index (χ0n) is 14.3. The molecule has 0 bridgehead atoms. The second-order valence-electron chi connectivity index (χ2n) is 6.16. The first-order chi connectivity index (χ1) is 12.4. The minimum atomic E-state index is -1.18. The number of hydrogen-bond acceptors (Lipinski definition) is 3. The molecule has 0 radical (unpaired) electrons. The van der Waals surface area contributed by atoms with Crippen LogP contribution < -0.4 is 10.6 Å². The zero-order chi connectivity index (χ0) is 19.1. The van der Waals surface area contributed by atoms with E-state index in [0.29, 0.717) is 5.56 Å². The number of hydrogen-bond donors (Lipinski definition) is 3. The van der Waals surface area contributed by atoms with E-state index in [1.807, 2.05) is 0 Å². The maximum atomic E-state index is 13.5. The number of nitrogens with one attached hydrogen (secondary N) is 2. The van der Waals surface area contributed by atoms with Gasteiger partial charge in [0.2, 0.25) is 5.91 Å². The predicted molar refractivity (Wildman–Crippen MR) is 94.0 cm³/mol. The summed E-state index contributed by atoms with van der Waals surface area (Å²) in [5, 5.41) is 13.9. The Morgan fingerprint density at radius 1 is 1.23 bits per heavy atom. The van der Waals surface area contributed by atoms with Crippen LogP contribution in [0.4, 0.5) is 4.39 Å².